The van der Waals surface area contributed by atoms with Crippen LogP contribution in [0.2, 0.25) is 0 Å². The highest BCUT2D eigenvalue weighted by atomic mass is 16.7. The zero-order valence-corrected chi connectivity index (χ0v) is 17.6. The molecule has 2 spiro atoms. The van der Waals surface area contributed by atoms with Crippen molar-refractivity contribution in [2.45, 2.75) is 83.1 Å². The second-order valence-corrected chi connectivity index (χ2v) is 10.1. The molecule has 4 aliphatic rings. The van der Waals surface area contributed by atoms with Crippen LogP contribution in [0.1, 0.15) is 65.7 Å². The fourth-order valence-electron chi connectivity index (χ4n) is 5.94. The van der Waals surface area contributed by atoms with Gasteiger partial charge in [-0.15, -0.1) is 0 Å². The number of hydrogen-bond acceptors (Lipinski definition) is 6. The minimum Gasteiger partial charge on any atom is -0.461 e. The van der Waals surface area contributed by atoms with Gasteiger partial charge in [0.05, 0.1) is 13.2 Å². The molecule has 1 N–H and O–H groups in total. The lowest BCUT2D eigenvalue weighted by molar-refractivity contribution is -0.194. The van der Waals surface area contributed by atoms with Crippen molar-refractivity contribution in [3.63, 3.8) is 0 Å². The lowest BCUT2D eigenvalue weighted by Gasteiger charge is -2.43. The predicted molar refractivity (Wildman–Crippen MR) is 103 cm³/mol. The molecule has 2 saturated heterocycles. The Bertz CT molecular complexity index is 691. The van der Waals surface area contributed by atoms with E-state index in [2.05, 4.69) is 26.1 Å². The molecule has 4 rings (SSSR count). The highest BCUT2D eigenvalue weighted by Gasteiger charge is 2.56. The first-order valence-corrected chi connectivity index (χ1v) is 10.7. The van der Waals surface area contributed by atoms with Crippen molar-refractivity contribution in [2.75, 3.05) is 19.8 Å². The molecule has 2 atom stereocenters. The minimum atomic E-state index is -0.896. The summed E-state index contributed by atoms with van der Waals surface area (Å²) in [6.45, 7) is 7.22. The highest BCUT2D eigenvalue weighted by molar-refractivity contribution is 6.08. The van der Waals surface area contributed by atoms with Gasteiger partial charge in [0, 0.05) is 12.8 Å². The smallest absolute Gasteiger partial charge is 0.326 e. The summed E-state index contributed by atoms with van der Waals surface area (Å²) in [5, 5.41) is 2.89. The van der Waals surface area contributed by atoms with Gasteiger partial charge in [-0.3, -0.25) is 14.5 Å². The van der Waals surface area contributed by atoms with Gasteiger partial charge in [-0.05, 0) is 43.4 Å². The molecule has 0 radical (unpaired) electrons. The van der Waals surface area contributed by atoms with Crippen molar-refractivity contribution in [1.82, 2.24) is 10.2 Å². The summed E-state index contributed by atoms with van der Waals surface area (Å²) in [6, 6.07) is -0.493. The topological polar surface area (TPSA) is 94.2 Å². The van der Waals surface area contributed by atoms with Gasteiger partial charge in [0.25, 0.3) is 5.91 Å². The maximum atomic E-state index is 13.1. The Balaban J connectivity index is 1.34. The van der Waals surface area contributed by atoms with Crippen LogP contribution in [0.15, 0.2) is 0 Å². The number of esters is 1. The van der Waals surface area contributed by atoms with Crippen molar-refractivity contribution >= 4 is 17.9 Å². The zero-order chi connectivity index (χ0) is 20.9. The number of carbonyl (C=O) groups is 3. The summed E-state index contributed by atoms with van der Waals surface area (Å²) >= 11 is 0. The summed E-state index contributed by atoms with van der Waals surface area (Å²) in [4.78, 5) is 39.2. The Morgan fingerprint density at radius 1 is 1.17 bits per heavy atom. The zero-order valence-electron chi connectivity index (χ0n) is 17.6. The van der Waals surface area contributed by atoms with Crippen molar-refractivity contribution in [3.8, 4) is 0 Å². The van der Waals surface area contributed by atoms with Crippen LogP contribution in [0.5, 0.6) is 0 Å². The van der Waals surface area contributed by atoms with Crippen molar-refractivity contribution < 1.29 is 28.6 Å². The summed E-state index contributed by atoms with van der Waals surface area (Å²) < 4.78 is 16.9. The number of hydrogen-bond donors (Lipinski definition) is 1. The molecule has 2 saturated carbocycles. The lowest BCUT2D eigenvalue weighted by atomic mass is 9.64. The van der Waals surface area contributed by atoms with Gasteiger partial charge in [0.1, 0.15) is 18.2 Å². The van der Waals surface area contributed by atoms with E-state index in [9.17, 15) is 14.4 Å². The molecule has 2 aliphatic heterocycles. The van der Waals surface area contributed by atoms with Gasteiger partial charge in [-0.2, -0.15) is 0 Å². The van der Waals surface area contributed by atoms with Crippen molar-refractivity contribution in [2.24, 2.45) is 11.3 Å². The third kappa shape index (κ3) is 4.01. The van der Waals surface area contributed by atoms with E-state index in [4.69, 9.17) is 14.2 Å². The largest absolute Gasteiger partial charge is 0.461 e. The van der Waals surface area contributed by atoms with Gasteiger partial charge in [-0.25, -0.2) is 4.79 Å². The molecule has 0 bridgehead atoms. The third-order valence-electron chi connectivity index (χ3n) is 6.72. The van der Waals surface area contributed by atoms with Crippen LogP contribution in [0.4, 0.5) is 4.79 Å². The maximum Gasteiger partial charge on any atom is 0.326 e. The number of nitrogens with one attached hydrogen (secondary N) is 1. The van der Waals surface area contributed by atoms with E-state index in [0.29, 0.717) is 57.7 Å². The number of rotatable bonds is 3. The van der Waals surface area contributed by atoms with Crippen LogP contribution in [-0.4, -0.2) is 60.0 Å². The molecule has 8 heteroatoms. The Morgan fingerprint density at radius 2 is 1.83 bits per heavy atom. The summed E-state index contributed by atoms with van der Waals surface area (Å²) in [6.07, 6.45) is 4.65. The Hall–Kier alpha value is -1.67. The van der Waals surface area contributed by atoms with Crippen molar-refractivity contribution in [3.05, 3.63) is 0 Å². The number of imide groups is 1. The number of carbonyl (C=O) groups excluding carboxylic acids is 3. The van der Waals surface area contributed by atoms with E-state index in [1.165, 1.54) is 0 Å². The SMILES string of the molecule is CC1CC(C)(C)CC2(C1)NC(=O)N(CC(=O)OC1CCC3(CC1)OCCO3)C2=O. The molecule has 8 nitrogen and oxygen atoms in total. The standard InChI is InChI=1S/C21H32N2O6/c1-14-10-19(2,3)13-20(11-14)17(25)23(18(26)22-20)12-16(24)29-15-4-6-21(7-5-15)27-8-9-28-21/h14-15H,4-13H2,1-3H3,(H,22,26). The normalized spacial score (nSPS) is 35.9. The molecule has 2 aliphatic carbocycles. The van der Waals surface area contributed by atoms with Crippen molar-refractivity contribution in [1.29, 1.82) is 0 Å². The predicted octanol–water partition coefficient (Wildman–Crippen LogP) is 2.35. The van der Waals surface area contributed by atoms with Crippen LogP contribution in [0.25, 0.3) is 0 Å². The van der Waals surface area contributed by atoms with Gasteiger partial charge in [0.15, 0.2) is 5.79 Å². The van der Waals surface area contributed by atoms with E-state index >= 15 is 0 Å². The van der Waals surface area contributed by atoms with Crippen LogP contribution >= 0.6 is 0 Å². The monoisotopic (exact) mass is 408 g/mol. The fourth-order valence-corrected chi connectivity index (χ4v) is 5.94. The van der Waals surface area contributed by atoms with Gasteiger partial charge in [-0.1, -0.05) is 20.8 Å². The van der Waals surface area contributed by atoms with Crippen LogP contribution in [0.3, 0.4) is 0 Å². The van der Waals surface area contributed by atoms with E-state index in [1.54, 1.807) is 0 Å². The number of ether oxygens (including phenoxy) is 3. The summed E-state index contributed by atoms with van der Waals surface area (Å²) in [5.74, 6) is -1.02. The first kappa shape index (κ1) is 20.6. The summed E-state index contributed by atoms with van der Waals surface area (Å²) in [7, 11) is 0. The second-order valence-electron chi connectivity index (χ2n) is 10.1. The number of amides is 3. The van der Waals surface area contributed by atoms with E-state index < -0.39 is 23.3 Å². The molecule has 0 aromatic rings. The molecule has 4 fully saturated rings. The molecular formula is C21H32N2O6. The minimum absolute atomic E-state index is 0.0421. The van der Waals surface area contributed by atoms with E-state index in [1.807, 2.05) is 0 Å². The van der Waals surface area contributed by atoms with Gasteiger partial charge >= 0.3 is 12.0 Å². The van der Waals surface area contributed by atoms with Crippen LogP contribution < -0.4 is 5.32 Å². The molecule has 0 aromatic heterocycles. The molecule has 2 heterocycles. The fraction of sp³-hybridized carbons (Fsp3) is 0.857. The molecule has 162 valence electrons. The summed E-state index contributed by atoms with van der Waals surface area (Å²) in [5.41, 5.74) is -0.938. The number of urea groups is 1. The van der Waals surface area contributed by atoms with E-state index in [0.717, 1.165) is 11.3 Å². The molecule has 0 aromatic carbocycles. The molecular weight excluding hydrogens is 376 g/mol. The quantitative estimate of drug-likeness (QED) is 0.569. The van der Waals surface area contributed by atoms with Crippen LogP contribution in [-0.2, 0) is 23.8 Å². The average molecular weight is 408 g/mol. The van der Waals surface area contributed by atoms with E-state index in [-0.39, 0.29) is 24.0 Å². The second kappa shape index (κ2) is 7.23. The van der Waals surface area contributed by atoms with Gasteiger partial charge in [0.2, 0.25) is 0 Å². The number of nitrogens with zero attached hydrogens (tertiary/aromatic N) is 1. The maximum absolute atomic E-state index is 13.1. The molecule has 29 heavy (non-hydrogen) atoms. The molecule has 3 amide bonds. The lowest BCUT2D eigenvalue weighted by Crippen LogP contribution is -2.54. The first-order valence-electron chi connectivity index (χ1n) is 10.7. The van der Waals surface area contributed by atoms with Crippen LogP contribution in [0, 0.1) is 11.3 Å². The highest BCUT2D eigenvalue weighted by Crippen LogP contribution is 2.46. The average Bonchev–Trinajstić information content (AvgIpc) is 3.14. The third-order valence-corrected chi connectivity index (χ3v) is 6.72. The van der Waals surface area contributed by atoms with Gasteiger partial charge < -0.3 is 19.5 Å². The Labute approximate surface area is 171 Å². The Morgan fingerprint density at radius 3 is 2.45 bits per heavy atom. The Kier molecular flexibility index (Phi) is 5.14. The first-order chi connectivity index (χ1) is 13.6. The molecule has 2 unspecified atom stereocenters.